The highest BCUT2D eigenvalue weighted by atomic mass is 15.2. The zero-order valence-electron chi connectivity index (χ0n) is 15.2. The van der Waals surface area contributed by atoms with Gasteiger partial charge in [0.1, 0.15) is 5.82 Å². The number of anilines is 3. The van der Waals surface area contributed by atoms with E-state index in [0.29, 0.717) is 5.95 Å². The van der Waals surface area contributed by atoms with Crippen molar-refractivity contribution >= 4 is 17.5 Å². The van der Waals surface area contributed by atoms with Crippen molar-refractivity contribution < 1.29 is 0 Å². The molecule has 0 saturated carbocycles. The summed E-state index contributed by atoms with van der Waals surface area (Å²) in [7, 11) is 0. The van der Waals surface area contributed by atoms with E-state index in [1.165, 1.54) is 16.7 Å². The van der Waals surface area contributed by atoms with Crippen LogP contribution in [0.2, 0.25) is 0 Å². The van der Waals surface area contributed by atoms with Gasteiger partial charge < -0.3 is 10.6 Å². The molecule has 0 aliphatic heterocycles. The van der Waals surface area contributed by atoms with Crippen LogP contribution < -0.4 is 10.6 Å². The summed E-state index contributed by atoms with van der Waals surface area (Å²) in [4.78, 5) is 9.15. The predicted molar refractivity (Wildman–Crippen MR) is 104 cm³/mol. The van der Waals surface area contributed by atoms with Crippen molar-refractivity contribution in [2.45, 2.75) is 33.7 Å². The molecule has 1 heterocycles. The average Bonchev–Trinajstić information content (AvgIpc) is 2.59. The van der Waals surface area contributed by atoms with E-state index < -0.39 is 0 Å². The van der Waals surface area contributed by atoms with Crippen LogP contribution >= 0.6 is 0 Å². The number of rotatable bonds is 5. The predicted octanol–water partition coefficient (Wildman–Crippen LogP) is 5.32. The molecule has 2 N–H and O–H groups in total. The molecule has 4 heteroatoms. The maximum atomic E-state index is 4.63. The Balaban J connectivity index is 1.82. The standard InChI is InChI=1S/C21H24N4/c1-14-9-8-12-19(16(14)3)24-20-13-15(2)22-21(25-20)23-17(4)18-10-6-5-7-11-18/h5-13,17H,1-4H3,(H2,22,23,24,25). The molecule has 4 nitrogen and oxygen atoms in total. The Bertz CT molecular complexity index is 859. The molecule has 1 atom stereocenters. The largest absolute Gasteiger partial charge is 0.348 e. The SMILES string of the molecule is Cc1cc(Nc2cccc(C)c2C)nc(NC(C)c2ccccc2)n1. The van der Waals surface area contributed by atoms with Gasteiger partial charge in [-0.1, -0.05) is 42.5 Å². The summed E-state index contributed by atoms with van der Waals surface area (Å²) in [5.41, 5.74) is 5.68. The van der Waals surface area contributed by atoms with E-state index in [-0.39, 0.29) is 6.04 Å². The lowest BCUT2D eigenvalue weighted by atomic mass is 10.1. The van der Waals surface area contributed by atoms with Crippen molar-refractivity contribution in [1.29, 1.82) is 0 Å². The van der Waals surface area contributed by atoms with Gasteiger partial charge >= 0.3 is 0 Å². The average molecular weight is 332 g/mol. The Kier molecular flexibility index (Phi) is 4.98. The fourth-order valence-corrected chi connectivity index (χ4v) is 2.74. The Morgan fingerprint density at radius 3 is 2.40 bits per heavy atom. The Morgan fingerprint density at radius 1 is 0.880 bits per heavy atom. The van der Waals surface area contributed by atoms with E-state index in [0.717, 1.165) is 17.2 Å². The van der Waals surface area contributed by atoms with E-state index in [1.807, 2.05) is 31.2 Å². The maximum Gasteiger partial charge on any atom is 0.225 e. The molecule has 128 valence electrons. The van der Waals surface area contributed by atoms with Crippen molar-refractivity contribution in [2.75, 3.05) is 10.6 Å². The number of aromatic nitrogens is 2. The molecule has 1 aromatic heterocycles. The van der Waals surface area contributed by atoms with Crippen molar-refractivity contribution in [1.82, 2.24) is 9.97 Å². The van der Waals surface area contributed by atoms with Gasteiger partial charge in [0.25, 0.3) is 0 Å². The van der Waals surface area contributed by atoms with Gasteiger partial charge in [0, 0.05) is 17.4 Å². The molecular formula is C21H24N4. The third-order valence-corrected chi connectivity index (χ3v) is 4.37. The van der Waals surface area contributed by atoms with E-state index >= 15 is 0 Å². The Morgan fingerprint density at radius 2 is 1.64 bits per heavy atom. The van der Waals surface area contributed by atoms with Crippen molar-refractivity contribution in [3.8, 4) is 0 Å². The van der Waals surface area contributed by atoms with Crippen LogP contribution in [-0.2, 0) is 0 Å². The maximum absolute atomic E-state index is 4.63. The van der Waals surface area contributed by atoms with Gasteiger partial charge in [0.15, 0.2) is 0 Å². The van der Waals surface area contributed by atoms with Crippen LogP contribution in [0.1, 0.15) is 35.3 Å². The molecule has 0 aliphatic carbocycles. The number of nitrogens with one attached hydrogen (secondary N) is 2. The second-order valence-electron chi connectivity index (χ2n) is 6.37. The molecule has 0 spiro atoms. The molecule has 25 heavy (non-hydrogen) atoms. The molecule has 3 aromatic rings. The van der Waals surface area contributed by atoms with Crippen molar-refractivity contribution in [3.05, 3.63) is 77.0 Å². The fourth-order valence-electron chi connectivity index (χ4n) is 2.74. The monoisotopic (exact) mass is 332 g/mol. The van der Waals surface area contributed by atoms with E-state index in [2.05, 4.69) is 71.7 Å². The summed E-state index contributed by atoms with van der Waals surface area (Å²) < 4.78 is 0. The Hall–Kier alpha value is -2.88. The second kappa shape index (κ2) is 7.34. The molecule has 0 amide bonds. The summed E-state index contributed by atoms with van der Waals surface area (Å²) in [5, 5.41) is 6.81. The van der Waals surface area contributed by atoms with E-state index in [1.54, 1.807) is 0 Å². The lowest BCUT2D eigenvalue weighted by Gasteiger charge is -2.16. The first-order valence-electron chi connectivity index (χ1n) is 8.53. The third-order valence-electron chi connectivity index (χ3n) is 4.37. The number of hydrogen-bond acceptors (Lipinski definition) is 4. The molecule has 1 unspecified atom stereocenters. The topological polar surface area (TPSA) is 49.8 Å². The third kappa shape index (κ3) is 4.15. The highest BCUT2D eigenvalue weighted by molar-refractivity contribution is 5.62. The minimum absolute atomic E-state index is 0.136. The minimum atomic E-state index is 0.136. The molecular weight excluding hydrogens is 308 g/mol. The summed E-state index contributed by atoms with van der Waals surface area (Å²) >= 11 is 0. The first kappa shape index (κ1) is 17.0. The summed E-state index contributed by atoms with van der Waals surface area (Å²) in [6, 6.07) is 18.6. The van der Waals surface area contributed by atoms with Crippen LogP contribution in [0.25, 0.3) is 0 Å². The smallest absolute Gasteiger partial charge is 0.225 e. The van der Waals surface area contributed by atoms with Crippen LogP contribution in [0.4, 0.5) is 17.5 Å². The number of hydrogen-bond donors (Lipinski definition) is 2. The first-order valence-corrected chi connectivity index (χ1v) is 8.53. The van der Waals surface area contributed by atoms with Gasteiger partial charge in [-0.15, -0.1) is 0 Å². The highest BCUT2D eigenvalue weighted by Gasteiger charge is 2.09. The van der Waals surface area contributed by atoms with Crippen LogP contribution in [0.15, 0.2) is 54.6 Å². The summed E-state index contributed by atoms with van der Waals surface area (Å²) in [6.45, 7) is 8.32. The van der Waals surface area contributed by atoms with Gasteiger partial charge in [-0.2, -0.15) is 4.98 Å². The van der Waals surface area contributed by atoms with Gasteiger partial charge in [0.05, 0.1) is 6.04 Å². The first-order chi connectivity index (χ1) is 12.0. The molecule has 0 radical (unpaired) electrons. The minimum Gasteiger partial charge on any atom is -0.348 e. The summed E-state index contributed by atoms with van der Waals surface area (Å²) in [6.07, 6.45) is 0. The highest BCUT2D eigenvalue weighted by Crippen LogP contribution is 2.23. The molecule has 3 rings (SSSR count). The number of nitrogens with zero attached hydrogens (tertiary/aromatic N) is 2. The van der Waals surface area contributed by atoms with Crippen LogP contribution in [0, 0.1) is 20.8 Å². The van der Waals surface area contributed by atoms with Gasteiger partial charge in [-0.05, 0) is 50.5 Å². The van der Waals surface area contributed by atoms with Gasteiger partial charge in [-0.3, -0.25) is 0 Å². The molecule has 0 bridgehead atoms. The van der Waals surface area contributed by atoms with Crippen LogP contribution in [-0.4, -0.2) is 9.97 Å². The molecule has 0 fully saturated rings. The lowest BCUT2D eigenvalue weighted by Crippen LogP contribution is -2.11. The second-order valence-corrected chi connectivity index (χ2v) is 6.37. The number of aryl methyl sites for hydroxylation is 2. The molecule has 0 aliphatic rings. The lowest BCUT2D eigenvalue weighted by molar-refractivity contribution is 0.858. The van der Waals surface area contributed by atoms with Crippen LogP contribution in [0.3, 0.4) is 0 Å². The number of benzene rings is 2. The van der Waals surface area contributed by atoms with Crippen molar-refractivity contribution in [3.63, 3.8) is 0 Å². The zero-order chi connectivity index (χ0) is 17.8. The normalized spacial score (nSPS) is 11.8. The summed E-state index contributed by atoms with van der Waals surface area (Å²) in [5.74, 6) is 1.42. The fraction of sp³-hybridized carbons (Fsp3) is 0.238. The quantitative estimate of drug-likeness (QED) is 0.664. The van der Waals surface area contributed by atoms with Crippen molar-refractivity contribution in [2.24, 2.45) is 0 Å². The van der Waals surface area contributed by atoms with Gasteiger partial charge in [0.2, 0.25) is 5.95 Å². The molecule has 2 aromatic carbocycles. The van der Waals surface area contributed by atoms with Gasteiger partial charge in [-0.25, -0.2) is 4.98 Å². The zero-order valence-corrected chi connectivity index (χ0v) is 15.2. The molecule has 0 saturated heterocycles. The Labute approximate surface area is 149 Å². The van der Waals surface area contributed by atoms with Crippen LogP contribution in [0.5, 0.6) is 0 Å². The van der Waals surface area contributed by atoms with E-state index in [9.17, 15) is 0 Å². The van der Waals surface area contributed by atoms with E-state index in [4.69, 9.17) is 0 Å².